The van der Waals surface area contributed by atoms with Crippen LogP contribution in [0.2, 0.25) is 0 Å². The molecule has 0 aromatic heterocycles. The largest absolute Gasteiger partial charge is 0.367 e. The lowest BCUT2D eigenvalue weighted by molar-refractivity contribution is -0.142. The van der Waals surface area contributed by atoms with Crippen molar-refractivity contribution in [3.8, 4) is 0 Å². The fraction of sp³-hybridized carbons (Fsp3) is 0.391. The smallest absolute Gasteiger partial charge is 0.234 e. The second kappa shape index (κ2) is 8.33. The third kappa shape index (κ3) is 4.03. The van der Waals surface area contributed by atoms with Crippen molar-refractivity contribution in [1.29, 1.82) is 0 Å². The van der Waals surface area contributed by atoms with Gasteiger partial charge >= 0.3 is 0 Å². The molecule has 2 unspecified atom stereocenters. The number of hydrogen-bond acceptors (Lipinski definition) is 4. The van der Waals surface area contributed by atoms with Crippen LogP contribution < -0.4 is 4.90 Å². The number of nitrogens with zero attached hydrogens (tertiary/aromatic N) is 3. The molecule has 2 aliphatic heterocycles. The number of carbonyl (C=O) groups is 2. The lowest BCUT2D eigenvalue weighted by atomic mass is 9.86. The Morgan fingerprint density at radius 1 is 0.966 bits per heavy atom. The normalized spacial score (nSPS) is 21.7. The number of halogens is 1. The number of benzene rings is 2. The molecule has 2 aliphatic rings. The van der Waals surface area contributed by atoms with Crippen molar-refractivity contribution in [3.05, 3.63) is 66.0 Å². The quantitative estimate of drug-likeness (QED) is 0.730. The number of rotatable bonds is 5. The van der Waals surface area contributed by atoms with Crippen molar-refractivity contribution in [3.63, 3.8) is 0 Å². The maximum atomic E-state index is 14.0. The van der Waals surface area contributed by atoms with Crippen molar-refractivity contribution in [2.75, 3.05) is 37.7 Å². The van der Waals surface area contributed by atoms with Crippen LogP contribution >= 0.6 is 0 Å². The monoisotopic (exact) mass is 395 g/mol. The zero-order valence-corrected chi connectivity index (χ0v) is 16.6. The molecule has 4 rings (SSSR count). The molecule has 5 nitrogen and oxygen atoms in total. The first-order chi connectivity index (χ1) is 14.0. The SMILES string of the molecule is CC(c1ccccc1)C1CC(=O)N(CN2CCN(c3ccccc3F)CC2)C1=O. The third-order valence-corrected chi connectivity index (χ3v) is 6.11. The summed E-state index contributed by atoms with van der Waals surface area (Å²) in [5.74, 6) is -0.689. The summed E-state index contributed by atoms with van der Waals surface area (Å²) in [7, 11) is 0. The maximum absolute atomic E-state index is 14.0. The maximum Gasteiger partial charge on any atom is 0.234 e. The van der Waals surface area contributed by atoms with Gasteiger partial charge in [0.15, 0.2) is 0 Å². The highest BCUT2D eigenvalue weighted by molar-refractivity contribution is 6.03. The third-order valence-electron chi connectivity index (χ3n) is 6.11. The van der Waals surface area contributed by atoms with Crippen LogP contribution in [0.3, 0.4) is 0 Å². The summed E-state index contributed by atoms with van der Waals surface area (Å²) in [6, 6.07) is 16.7. The van der Waals surface area contributed by atoms with Gasteiger partial charge in [-0.15, -0.1) is 0 Å². The highest BCUT2D eigenvalue weighted by Gasteiger charge is 2.42. The van der Waals surface area contributed by atoms with E-state index in [9.17, 15) is 14.0 Å². The zero-order valence-electron chi connectivity index (χ0n) is 16.6. The summed E-state index contributed by atoms with van der Waals surface area (Å²) in [6.07, 6.45) is 0.268. The molecule has 2 saturated heterocycles. The van der Waals surface area contributed by atoms with Crippen LogP contribution in [0.1, 0.15) is 24.8 Å². The number of hydrogen-bond donors (Lipinski definition) is 0. The molecule has 29 heavy (non-hydrogen) atoms. The number of likely N-dealkylation sites (tertiary alicyclic amines) is 1. The van der Waals surface area contributed by atoms with Crippen LogP contribution in [0.5, 0.6) is 0 Å². The Morgan fingerprint density at radius 2 is 1.62 bits per heavy atom. The molecular weight excluding hydrogens is 369 g/mol. The van der Waals surface area contributed by atoms with Gasteiger partial charge in [-0.25, -0.2) is 4.39 Å². The van der Waals surface area contributed by atoms with E-state index in [0.717, 1.165) is 5.56 Å². The van der Waals surface area contributed by atoms with Gasteiger partial charge in [0.1, 0.15) is 5.82 Å². The van der Waals surface area contributed by atoms with Gasteiger partial charge in [0.05, 0.1) is 18.3 Å². The van der Waals surface area contributed by atoms with Crippen LogP contribution in [0.4, 0.5) is 10.1 Å². The van der Waals surface area contributed by atoms with Crippen LogP contribution in [-0.4, -0.2) is 54.5 Å². The molecule has 0 N–H and O–H groups in total. The molecule has 2 aromatic rings. The van der Waals surface area contributed by atoms with E-state index in [1.54, 1.807) is 12.1 Å². The molecule has 2 atom stereocenters. The van der Waals surface area contributed by atoms with Crippen LogP contribution in [-0.2, 0) is 9.59 Å². The van der Waals surface area contributed by atoms with E-state index in [1.165, 1.54) is 11.0 Å². The zero-order chi connectivity index (χ0) is 20.4. The van der Waals surface area contributed by atoms with Crippen molar-refractivity contribution < 1.29 is 14.0 Å². The standard InChI is InChI=1S/C23H26FN3O2/c1-17(18-7-3-2-4-8-18)19-15-22(28)27(23(19)29)16-25-11-13-26(14-12-25)21-10-6-5-9-20(21)24/h2-10,17,19H,11-16H2,1H3. The molecule has 6 heteroatoms. The molecule has 2 aromatic carbocycles. The van der Waals surface area contributed by atoms with E-state index in [4.69, 9.17) is 0 Å². The summed E-state index contributed by atoms with van der Waals surface area (Å²) in [4.78, 5) is 31.0. The number of carbonyl (C=O) groups excluding carboxylic acids is 2. The predicted octanol–water partition coefficient (Wildman–Crippen LogP) is 3.08. The lowest BCUT2D eigenvalue weighted by Gasteiger charge is -2.37. The number of anilines is 1. The van der Waals surface area contributed by atoms with Gasteiger partial charge < -0.3 is 4.90 Å². The van der Waals surface area contributed by atoms with Crippen LogP contribution in [0, 0.1) is 11.7 Å². The van der Waals surface area contributed by atoms with E-state index in [-0.39, 0.29) is 35.9 Å². The van der Waals surface area contributed by atoms with Crippen molar-refractivity contribution in [1.82, 2.24) is 9.80 Å². The van der Waals surface area contributed by atoms with Gasteiger partial charge in [0.25, 0.3) is 0 Å². The number of para-hydroxylation sites is 1. The summed E-state index contributed by atoms with van der Waals surface area (Å²) in [5, 5.41) is 0. The molecule has 0 aliphatic carbocycles. The van der Waals surface area contributed by atoms with Gasteiger partial charge in [-0.05, 0) is 23.6 Å². The topological polar surface area (TPSA) is 43.9 Å². The average molecular weight is 395 g/mol. The van der Waals surface area contributed by atoms with Crippen LogP contribution in [0.15, 0.2) is 54.6 Å². The van der Waals surface area contributed by atoms with E-state index >= 15 is 0 Å². The Bertz CT molecular complexity index is 881. The minimum atomic E-state index is -0.301. The van der Waals surface area contributed by atoms with Gasteiger partial charge in [-0.3, -0.25) is 19.4 Å². The highest BCUT2D eigenvalue weighted by atomic mass is 19.1. The molecule has 0 spiro atoms. The molecule has 152 valence electrons. The Balaban J connectivity index is 1.36. The lowest BCUT2D eigenvalue weighted by Crippen LogP contribution is -2.51. The Hall–Kier alpha value is -2.73. The fourth-order valence-corrected chi connectivity index (χ4v) is 4.28. The number of imide groups is 1. The second-order valence-electron chi connectivity index (χ2n) is 7.87. The van der Waals surface area contributed by atoms with E-state index in [1.807, 2.05) is 48.2 Å². The molecule has 2 heterocycles. The van der Waals surface area contributed by atoms with Gasteiger partial charge in [0, 0.05) is 32.6 Å². The van der Waals surface area contributed by atoms with Crippen molar-refractivity contribution >= 4 is 17.5 Å². The fourth-order valence-electron chi connectivity index (χ4n) is 4.28. The average Bonchev–Trinajstić information content (AvgIpc) is 3.03. The van der Waals surface area contributed by atoms with E-state index in [2.05, 4.69) is 4.90 Å². The Morgan fingerprint density at radius 3 is 2.31 bits per heavy atom. The molecule has 0 bridgehead atoms. The van der Waals surface area contributed by atoms with Crippen molar-refractivity contribution in [2.45, 2.75) is 19.3 Å². The van der Waals surface area contributed by atoms with Crippen molar-refractivity contribution in [2.24, 2.45) is 5.92 Å². The second-order valence-corrected chi connectivity index (χ2v) is 7.87. The van der Waals surface area contributed by atoms with E-state index < -0.39 is 0 Å². The predicted molar refractivity (Wildman–Crippen MR) is 110 cm³/mol. The molecular formula is C23H26FN3O2. The number of piperazine rings is 1. The van der Waals surface area contributed by atoms with Gasteiger partial charge in [-0.1, -0.05) is 49.4 Å². The summed E-state index contributed by atoms with van der Waals surface area (Å²) < 4.78 is 14.0. The minimum Gasteiger partial charge on any atom is -0.367 e. The molecule has 0 saturated carbocycles. The molecule has 2 fully saturated rings. The summed E-state index contributed by atoms with van der Waals surface area (Å²) >= 11 is 0. The minimum absolute atomic E-state index is 0.00977. The van der Waals surface area contributed by atoms with Gasteiger partial charge in [-0.2, -0.15) is 0 Å². The first kappa shape index (κ1) is 19.6. The summed E-state index contributed by atoms with van der Waals surface area (Å²) in [5.41, 5.74) is 1.69. The highest BCUT2D eigenvalue weighted by Crippen LogP contribution is 2.33. The first-order valence-electron chi connectivity index (χ1n) is 10.2. The molecule has 0 radical (unpaired) electrons. The Kier molecular flexibility index (Phi) is 5.62. The number of amides is 2. The Labute approximate surface area is 170 Å². The summed E-state index contributed by atoms with van der Waals surface area (Å²) in [6.45, 7) is 5.04. The first-order valence-corrected chi connectivity index (χ1v) is 10.2. The van der Waals surface area contributed by atoms with Gasteiger partial charge in [0.2, 0.25) is 11.8 Å². The van der Waals surface area contributed by atoms with Crippen LogP contribution in [0.25, 0.3) is 0 Å². The van der Waals surface area contributed by atoms with E-state index in [0.29, 0.717) is 38.5 Å². The molecule has 2 amide bonds.